The molecule has 0 bridgehead atoms. The maximum Gasteiger partial charge on any atom is 0.140 e. The Morgan fingerprint density at radius 1 is 1.31 bits per heavy atom. The van der Waals surface area contributed by atoms with Crippen molar-refractivity contribution in [3.63, 3.8) is 0 Å². The monoisotopic (exact) mass is 175 g/mol. The van der Waals surface area contributed by atoms with Gasteiger partial charge in [0.15, 0.2) is 0 Å². The second-order valence-electron chi connectivity index (χ2n) is 3.02. The van der Waals surface area contributed by atoms with E-state index in [1.807, 2.05) is 18.2 Å². The molecule has 1 atom stereocenters. The average Bonchev–Trinajstić information content (AvgIpc) is 2.19. The highest BCUT2D eigenvalue weighted by Gasteiger charge is 2.00. The van der Waals surface area contributed by atoms with Gasteiger partial charge in [0.05, 0.1) is 6.07 Å². The van der Waals surface area contributed by atoms with Crippen molar-refractivity contribution < 1.29 is 5.11 Å². The first-order valence-corrected chi connectivity index (χ1v) is 4.44. The summed E-state index contributed by atoms with van der Waals surface area (Å²) in [5.74, 6) is 0. The summed E-state index contributed by atoms with van der Waals surface area (Å²) < 4.78 is 0. The zero-order chi connectivity index (χ0) is 9.52. The normalized spacial score (nSPS) is 12.0. The largest absolute Gasteiger partial charge is 0.378 e. The van der Waals surface area contributed by atoms with Gasteiger partial charge in [-0.15, -0.1) is 0 Å². The van der Waals surface area contributed by atoms with Crippen molar-refractivity contribution in [3.05, 3.63) is 35.9 Å². The van der Waals surface area contributed by atoms with E-state index in [4.69, 9.17) is 10.4 Å². The molecule has 0 aromatic heterocycles. The van der Waals surface area contributed by atoms with Gasteiger partial charge in [-0.3, -0.25) is 0 Å². The Morgan fingerprint density at radius 2 is 2.00 bits per heavy atom. The van der Waals surface area contributed by atoms with Gasteiger partial charge in [0.1, 0.15) is 6.10 Å². The van der Waals surface area contributed by atoms with Crippen LogP contribution in [-0.2, 0) is 6.42 Å². The molecule has 0 fully saturated rings. The van der Waals surface area contributed by atoms with Gasteiger partial charge in [-0.1, -0.05) is 30.3 Å². The van der Waals surface area contributed by atoms with Crippen LogP contribution in [-0.4, -0.2) is 11.2 Å². The smallest absolute Gasteiger partial charge is 0.140 e. The SMILES string of the molecule is N#C[C@H](O)CCCc1ccccc1. The fourth-order valence-electron chi connectivity index (χ4n) is 1.21. The fraction of sp³-hybridized carbons (Fsp3) is 0.364. The molecule has 0 spiro atoms. The van der Waals surface area contributed by atoms with Crippen LogP contribution in [0.15, 0.2) is 30.3 Å². The maximum absolute atomic E-state index is 8.97. The van der Waals surface area contributed by atoms with E-state index in [9.17, 15) is 0 Å². The molecule has 1 rings (SSSR count). The third-order valence-electron chi connectivity index (χ3n) is 1.93. The number of rotatable bonds is 4. The minimum absolute atomic E-state index is 0.561. The van der Waals surface area contributed by atoms with E-state index in [2.05, 4.69) is 12.1 Å². The van der Waals surface area contributed by atoms with Crippen LogP contribution in [0, 0.1) is 11.3 Å². The first-order valence-electron chi connectivity index (χ1n) is 4.44. The van der Waals surface area contributed by atoms with Gasteiger partial charge < -0.3 is 5.11 Å². The lowest BCUT2D eigenvalue weighted by molar-refractivity contribution is 0.216. The standard InChI is InChI=1S/C11H13NO/c12-9-11(13)8-4-7-10-5-2-1-3-6-10/h1-3,5-6,11,13H,4,7-8H2/t11-/m1/s1. The van der Waals surface area contributed by atoms with Gasteiger partial charge in [0, 0.05) is 0 Å². The Hall–Kier alpha value is -1.33. The minimum atomic E-state index is -0.802. The van der Waals surface area contributed by atoms with Crippen molar-refractivity contribution >= 4 is 0 Å². The Balaban J connectivity index is 2.25. The minimum Gasteiger partial charge on any atom is -0.378 e. The molecule has 0 unspecified atom stereocenters. The van der Waals surface area contributed by atoms with Crippen molar-refractivity contribution in [2.24, 2.45) is 0 Å². The molecule has 1 aromatic carbocycles. The summed E-state index contributed by atoms with van der Waals surface area (Å²) in [4.78, 5) is 0. The molecule has 0 heterocycles. The lowest BCUT2D eigenvalue weighted by atomic mass is 10.1. The van der Waals surface area contributed by atoms with Crippen molar-refractivity contribution in [1.82, 2.24) is 0 Å². The first kappa shape index (κ1) is 9.76. The molecule has 0 saturated heterocycles. The van der Waals surface area contributed by atoms with E-state index in [1.165, 1.54) is 5.56 Å². The number of hydrogen-bond acceptors (Lipinski definition) is 2. The quantitative estimate of drug-likeness (QED) is 0.710. The van der Waals surface area contributed by atoms with Crippen LogP contribution in [0.2, 0.25) is 0 Å². The van der Waals surface area contributed by atoms with Crippen LogP contribution >= 0.6 is 0 Å². The van der Waals surface area contributed by atoms with E-state index < -0.39 is 6.10 Å². The maximum atomic E-state index is 8.97. The molecule has 1 aromatic rings. The number of aliphatic hydroxyl groups excluding tert-OH is 1. The number of aliphatic hydroxyl groups is 1. The number of benzene rings is 1. The molecule has 0 amide bonds. The third-order valence-corrected chi connectivity index (χ3v) is 1.93. The van der Waals surface area contributed by atoms with E-state index in [-0.39, 0.29) is 0 Å². The summed E-state index contributed by atoms with van der Waals surface area (Å²) in [6.07, 6.45) is 1.55. The molecule has 13 heavy (non-hydrogen) atoms. The van der Waals surface area contributed by atoms with E-state index in [0.29, 0.717) is 6.42 Å². The molecule has 0 aliphatic carbocycles. The predicted molar refractivity (Wildman–Crippen MR) is 51.0 cm³/mol. The topological polar surface area (TPSA) is 44.0 Å². The summed E-state index contributed by atoms with van der Waals surface area (Å²) in [7, 11) is 0. The second kappa shape index (κ2) is 5.34. The number of nitrogens with zero attached hydrogens (tertiary/aromatic N) is 1. The highest BCUT2D eigenvalue weighted by Crippen LogP contribution is 2.05. The number of aryl methyl sites for hydroxylation is 1. The van der Waals surface area contributed by atoms with Crippen molar-refractivity contribution in [3.8, 4) is 6.07 Å². The summed E-state index contributed by atoms with van der Waals surface area (Å²) in [6, 6.07) is 11.9. The van der Waals surface area contributed by atoms with E-state index in [0.717, 1.165) is 12.8 Å². The summed E-state index contributed by atoms with van der Waals surface area (Å²) >= 11 is 0. The highest BCUT2D eigenvalue weighted by atomic mass is 16.3. The molecule has 2 heteroatoms. The number of nitriles is 1. The number of hydrogen-bond donors (Lipinski definition) is 1. The molecule has 0 saturated carbocycles. The predicted octanol–water partition coefficient (Wildman–Crippen LogP) is 1.89. The Bertz CT molecular complexity index is 276. The van der Waals surface area contributed by atoms with Gasteiger partial charge in [-0.25, -0.2) is 0 Å². The Labute approximate surface area is 78.4 Å². The lowest BCUT2D eigenvalue weighted by Crippen LogP contribution is -2.02. The molecule has 0 aliphatic rings. The van der Waals surface area contributed by atoms with Crippen LogP contribution in [0.3, 0.4) is 0 Å². The summed E-state index contributed by atoms with van der Waals surface area (Å²) in [5.41, 5.74) is 1.26. The third kappa shape index (κ3) is 3.73. The zero-order valence-corrected chi connectivity index (χ0v) is 7.48. The summed E-state index contributed by atoms with van der Waals surface area (Å²) in [6.45, 7) is 0. The van der Waals surface area contributed by atoms with Gasteiger partial charge in [0.2, 0.25) is 0 Å². The van der Waals surface area contributed by atoms with Gasteiger partial charge >= 0.3 is 0 Å². The van der Waals surface area contributed by atoms with E-state index in [1.54, 1.807) is 6.07 Å². The molecule has 1 N–H and O–H groups in total. The molecule has 68 valence electrons. The molecule has 2 nitrogen and oxygen atoms in total. The highest BCUT2D eigenvalue weighted by molar-refractivity contribution is 5.14. The van der Waals surface area contributed by atoms with Crippen molar-refractivity contribution in [1.29, 1.82) is 5.26 Å². The van der Waals surface area contributed by atoms with Gasteiger partial charge in [-0.05, 0) is 24.8 Å². The summed E-state index contributed by atoms with van der Waals surface area (Å²) in [5, 5.41) is 17.3. The van der Waals surface area contributed by atoms with Crippen LogP contribution in [0.5, 0.6) is 0 Å². The molecular formula is C11H13NO. The lowest BCUT2D eigenvalue weighted by Gasteiger charge is -2.01. The van der Waals surface area contributed by atoms with Gasteiger partial charge in [-0.2, -0.15) is 5.26 Å². The fourth-order valence-corrected chi connectivity index (χ4v) is 1.21. The van der Waals surface area contributed by atoms with Crippen molar-refractivity contribution in [2.75, 3.05) is 0 Å². The van der Waals surface area contributed by atoms with Gasteiger partial charge in [0.25, 0.3) is 0 Å². The zero-order valence-electron chi connectivity index (χ0n) is 7.48. The average molecular weight is 175 g/mol. The van der Waals surface area contributed by atoms with E-state index >= 15 is 0 Å². The second-order valence-corrected chi connectivity index (χ2v) is 3.02. The van der Waals surface area contributed by atoms with Crippen LogP contribution < -0.4 is 0 Å². The molecule has 0 aliphatic heterocycles. The molecular weight excluding hydrogens is 162 g/mol. The van der Waals surface area contributed by atoms with Crippen LogP contribution in [0.25, 0.3) is 0 Å². The molecule has 0 radical (unpaired) electrons. The Morgan fingerprint density at radius 3 is 2.62 bits per heavy atom. The first-order chi connectivity index (χ1) is 6.33. The van der Waals surface area contributed by atoms with Crippen LogP contribution in [0.1, 0.15) is 18.4 Å². The Kier molecular flexibility index (Phi) is 4.01. The van der Waals surface area contributed by atoms with Crippen molar-refractivity contribution in [2.45, 2.75) is 25.4 Å². The van der Waals surface area contributed by atoms with Crippen LogP contribution in [0.4, 0.5) is 0 Å².